The second-order valence-electron chi connectivity index (χ2n) is 2.50. The molecule has 13 heavy (non-hydrogen) atoms. The average Bonchev–Trinajstić information content (AvgIpc) is 2.71. The van der Waals surface area contributed by atoms with Gasteiger partial charge in [0.2, 0.25) is 0 Å². The number of fused-ring (bicyclic) bond motifs is 1. The van der Waals surface area contributed by atoms with E-state index in [2.05, 4.69) is 11.1 Å². The van der Waals surface area contributed by atoms with Gasteiger partial charge in [-0.1, -0.05) is 27.7 Å². The van der Waals surface area contributed by atoms with Crippen LogP contribution in [0.15, 0.2) is 18.5 Å². The van der Waals surface area contributed by atoms with E-state index in [1.54, 1.807) is 0 Å². The maximum Gasteiger partial charge on any atom is 0.0302 e. The van der Waals surface area contributed by atoms with E-state index in [4.69, 9.17) is 0 Å². The predicted molar refractivity (Wildman–Crippen MR) is 59.0 cm³/mol. The first-order valence-electron chi connectivity index (χ1n) is 5.38. The molecule has 74 valence electrons. The zero-order chi connectivity index (χ0) is 10.1. The summed E-state index contributed by atoms with van der Waals surface area (Å²) in [6.45, 7) is 8.00. The molecule has 1 aromatic heterocycles. The third kappa shape index (κ3) is 3.58. The number of hydrogen-bond acceptors (Lipinski definition) is 1. The lowest BCUT2D eigenvalue weighted by molar-refractivity contribution is 0.911. The molecular formula is C12H21N. The van der Waals surface area contributed by atoms with Gasteiger partial charge in [-0.2, -0.15) is 0 Å². The van der Waals surface area contributed by atoms with E-state index < -0.39 is 0 Å². The first-order chi connectivity index (χ1) is 6.47. The quantitative estimate of drug-likeness (QED) is 0.592. The van der Waals surface area contributed by atoms with Crippen molar-refractivity contribution in [2.75, 3.05) is 0 Å². The Kier molecular flexibility index (Phi) is 7.27. The molecule has 0 spiro atoms. The standard InChI is InChI=1S/C8H9N.2C2H6/c1-2-7-4-5-9-6-8(7)3-1;2*1-2/h4-6H,1-3H2;2*1-2H3. The van der Waals surface area contributed by atoms with Crippen molar-refractivity contribution in [1.82, 2.24) is 4.98 Å². The van der Waals surface area contributed by atoms with Gasteiger partial charge in [0, 0.05) is 12.4 Å². The molecule has 0 aromatic carbocycles. The number of hydrogen-bond donors (Lipinski definition) is 0. The number of aromatic nitrogens is 1. The molecule has 0 aliphatic heterocycles. The molecule has 0 N–H and O–H groups in total. The van der Waals surface area contributed by atoms with Crippen LogP contribution in [0.5, 0.6) is 0 Å². The van der Waals surface area contributed by atoms with Gasteiger partial charge in [0.25, 0.3) is 0 Å². The van der Waals surface area contributed by atoms with Gasteiger partial charge in [0.15, 0.2) is 0 Å². The van der Waals surface area contributed by atoms with E-state index in [1.807, 2.05) is 40.1 Å². The van der Waals surface area contributed by atoms with Crippen molar-refractivity contribution in [3.05, 3.63) is 29.6 Å². The second-order valence-corrected chi connectivity index (χ2v) is 2.50. The van der Waals surface area contributed by atoms with Crippen molar-refractivity contribution in [2.45, 2.75) is 47.0 Å². The molecule has 0 amide bonds. The van der Waals surface area contributed by atoms with Gasteiger partial charge in [-0.25, -0.2) is 0 Å². The summed E-state index contributed by atoms with van der Waals surface area (Å²) in [5, 5.41) is 0. The molecule has 0 bridgehead atoms. The summed E-state index contributed by atoms with van der Waals surface area (Å²) >= 11 is 0. The van der Waals surface area contributed by atoms with Crippen LogP contribution in [-0.4, -0.2) is 4.98 Å². The zero-order valence-electron chi connectivity index (χ0n) is 9.30. The Labute approximate surface area is 82.2 Å². The largest absolute Gasteiger partial charge is 0.264 e. The van der Waals surface area contributed by atoms with Gasteiger partial charge in [0.05, 0.1) is 0 Å². The fourth-order valence-corrected chi connectivity index (χ4v) is 1.39. The molecular weight excluding hydrogens is 158 g/mol. The maximum atomic E-state index is 4.06. The smallest absolute Gasteiger partial charge is 0.0302 e. The summed E-state index contributed by atoms with van der Waals surface area (Å²) in [5.41, 5.74) is 2.96. The van der Waals surface area contributed by atoms with Crippen LogP contribution in [0.25, 0.3) is 0 Å². The van der Waals surface area contributed by atoms with Crippen molar-refractivity contribution < 1.29 is 0 Å². The zero-order valence-corrected chi connectivity index (χ0v) is 9.30. The van der Waals surface area contributed by atoms with Crippen LogP contribution in [0, 0.1) is 0 Å². The number of aryl methyl sites for hydroxylation is 2. The van der Waals surface area contributed by atoms with Gasteiger partial charge in [-0.3, -0.25) is 4.98 Å². The highest BCUT2D eigenvalue weighted by molar-refractivity contribution is 5.27. The topological polar surface area (TPSA) is 12.9 Å². The normalized spacial score (nSPS) is 11.7. The predicted octanol–water partition coefficient (Wildman–Crippen LogP) is 3.62. The van der Waals surface area contributed by atoms with Gasteiger partial charge >= 0.3 is 0 Å². The third-order valence-corrected chi connectivity index (χ3v) is 1.90. The average molecular weight is 179 g/mol. The van der Waals surface area contributed by atoms with Crippen LogP contribution >= 0.6 is 0 Å². The van der Waals surface area contributed by atoms with Gasteiger partial charge in [-0.15, -0.1) is 0 Å². The second kappa shape index (κ2) is 7.78. The maximum absolute atomic E-state index is 4.06. The van der Waals surface area contributed by atoms with Crippen LogP contribution < -0.4 is 0 Å². The molecule has 0 saturated heterocycles. The monoisotopic (exact) mass is 179 g/mol. The van der Waals surface area contributed by atoms with Crippen molar-refractivity contribution in [2.24, 2.45) is 0 Å². The molecule has 1 nitrogen and oxygen atoms in total. The van der Waals surface area contributed by atoms with E-state index in [0.29, 0.717) is 0 Å². The van der Waals surface area contributed by atoms with E-state index >= 15 is 0 Å². The molecule has 0 atom stereocenters. The van der Waals surface area contributed by atoms with Crippen molar-refractivity contribution in [3.8, 4) is 0 Å². The van der Waals surface area contributed by atoms with Gasteiger partial charge < -0.3 is 0 Å². The Hall–Kier alpha value is -0.850. The third-order valence-electron chi connectivity index (χ3n) is 1.90. The Morgan fingerprint density at radius 1 is 1.00 bits per heavy atom. The van der Waals surface area contributed by atoms with Gasteiger partial charge in [-0.05, 0) is 36.5 Å². The minimum absolute atomic E-state index is 1.24. The molecule has 0 fully saturated rings. The molecule has 1 heteroatoms. The highest BCUT2D eigenvalue weighted by Gasteiger charge is 2.08. The Balaban J connectivity index is 0.000000322. The number of rotatable bonds is 0. The van der Waals surface area contributed by atoms with Crippen LogP contribution in [0.3, 0.4) is 0 Å². The fourth-order valence-electron chi connectivity index (χ4n) is 1.39. The van der Waals surface area contributed by atoms with E-state index in [1.165, 1.54) is 30.4 Å². The first-order valence-corrected chi connectivity index (χ1v) is 5.38. The Morgan fingerprint density at radius 3 is 2.23 bits per heavy atom. The molecule has 1 aromatic rings. The lowest BCUT2D eigenvalue weighted by Crippen LogP contribution is -1.80. The molecule has 1 aliphatic carbocycles. The van der Waals surface area contributed by atoms with Crippen LogP contribution in [-0.2, 0) is 12.8 Å². The Bertz CT molecular complexity index is 195. The molecule has 1 aliphatic rings. The van der Waals surface area contributed by atoms with Crippen LogP contribution in [0.2, 0.25) is 0 Å². The van der Waals surface area contributed by atoms with Crippen molar-refractivity contribution in [3.63, 3.8) is 0 Å². The molecule has 0 saturated carbocycles. The summed E-state index contributed by atoms with van der Waals surface area (Å²) in [7, 11) is 0. The molecule has 0 radical (unpaired) electrons. The SMILES string of the molecule is CC.CC.c1cc2c(cn1)CCC2. The van der Waals surface area contributed by atoms with Crippen LogP contribution in [0.1, 0.15) is 45.2 Å². The molecule has 2 rings (SSSR count). The Morgan fingerprint density at radius 2 is 1.62 bits per heavy atom. The van der Waals surface area contributed by atoms with Crippen molar-refractivity contribution >= 4 is 0 Å². The highest BCUT2D eigenvalue weighted by Crippen LogP contribution is 2.19. The lowest BCUT2D eigenvalue weighted by Gasteiger charge is -1.92. The van der Waals surface area contributed by atoms with E-state index in [0.717, 1.165) is 0 Å². The summed E-state index contributed by atoms with van der Waals surface area (Å²) in [5.74, 6) is 0. The van der Waals surface area contributed by atoms with Gasteiger partial charge in [0.1, 0.15) is 0 Å². The first kappa shape index (κ1) is 12.2. The summed E-state index contributed by atoms with van der Waals surface area (Å²) in [4.78, 5) is 4.06. The highest BCUT2D eigenvalue weighted by atomic mass is 14.6. The minimum atomic E-state index is 1.24. The van der Waals surface area contributed by atoms with Crippen LogP contribution in [0.4, 0.5) is 0 Å². The van der Waals surface area contributed by atoms with Crippen molar-refractivity contribution in [1.29, 1.82) is 0 Å². The fraction of sp³-hybridized carbons (Fsp3) is 0.583. The number of nitrogens with zero attached hydrogens (tertiary/aromatic N) is 1. The summed E-state index contributed by atoms with van der Waals surface area (Å²) in [6.07, 6.45) is 7.69. The summed E-state index contributed by atoms with van der Waals surface area (Å²) in [6, 6.07) is 2.13. The number of pyridine rings is 1. The lowest BCUT2D eigenvalue weighted by atomic mass is 10.2. The van der Waals surface area contributed by atoms with E-state index in [9.17, 15) is 0 Å². The summed E-state index contributed by atoms with van der Waals surface area (Å²) < 4.78 is 0. The molecule has 1 heterocycles. The minimum Gasteiger partial charge on any atom is -0.264 e. The molecule has 0 unspecified atom stereocenters. The van der Waals surface area contributed by atoms with E-state index in [-0.39, 0.29) is 0 Å².